The predicted molar refractivity (Wildman–Crippen MR) is 109 cm³/mol. The summed E-state index contributed by atoms with van der Waals surface area (Å²) >= 11 is 6.58. The van der Waals surface area contributed by atoms with E-state index < -0.39 is 0 Å². The fourth-order valence-electron chi connectivity index (χ4n) is 2.32. The molecule has 0 saturated carbocycles. The van der Waals surface area contributed by atoms with Crippen molar-refractivity contribution < 1.29 is 14.6 Å². The number of hydrogen-bond donors (Lipinski definition) is 2. The molecule has 0 fully saturated rings. The number of hydrazone groups is 1. The Morgan fingerprint density at radius 2 is 1.88 bits per heavy atom. The summed E-state index contributed by atoms with van der Waals surface area (Å²) in [4.78, 5) is 11.9. The number of amides is 1. The zero-order valence-corrected chi connectivity index (χ0v) is 16.6. The highest BCUT2D eigenvalue weighted by Crippen LogP contribution is 2.29. The molecular formula is C19H14Br2N2O3. The highest BCUT2D eigenvalue weighted by Gasteiger charge is 2.06. The van der Waals surface area contributed by atoms with Crippen molar-refractivity contribution in [3.05, 3.63) is 69.1 Å². The van der Waals surface area contributed by atoms with Gasteiger partial charge in [0.25, 0.3) is 5.91 Å². The molecule has 0 spiro atoms. The van der Waals surface area contributed by atoms with Crippen LogP contribution < -0.4 is 10.2 Å². The van der Waals surface area contributed by atoms with Crippen LogP contribution in [0.3, 0.4) is 0 Å². The van der Waals surface area contributed by atoms with E-state index in [-0.39, 0.29) is 18.3 Å². The average molecular weight is 478 g/mol. The lowest BCUT2D eigenvalue weighted by molar-refractivity contribution is -0.123. The summed E-state index contributed by atoms with van der Waals surface area (Å²) in [5.41, 5.74) is 3.03. The van der Waals surface area contributed by atoms with E-state index in [1.165, 1.54) is 12.3 Å². The minimum Gasteiger partial charge on any atom is -0.507 e. The Morgan fingerprint density at radius 3 is 2.73 bits per heavy atom. The first kappa shape index (κ1) is 18.4. The van der Waals surface area contributed by atoms with Gasteiger partial charge in [0.1, 0.15) is 11.5 Å². The van der Waals surface area contributed by atoms with Gasteiger partial charge in [0.05, 0.1) is 10.7 Å². The molecule has 26 heavy (non-hydrogen) atoms. The van der Waals surface area contributed by atoms with Gasteiger partial charge in [-0.25, -0.2) is 5.43 Å². The van der Waals surface area contributed by atoms with E-state index in [2.05, 4.69) is 42.4 Å². The number of nitrogens with zero attached hydrogens (tertiary/aromatic N) is 1. The molecule has 0 aliphatic heterocycles. The number of nitrogens with one attached hydrogen (secondary N) is 1. The van der Waals surface area contributed by atoms with Crippen LogP contribution in [-0.2, 0) is 4.79 Å². The Balaban J connectivity index is 1.60. The maximum absolute atomic E-state index is 11.9. The molecule has 0 atom stereocenters. The number of aromatic hydroxyl groups is 1. The summed E-state index contributed by atoms with van der Waals surface area (Å²) in [5, 5.41) is 15.6. The van der Waals surface area contributed by atoms with E-state index in [1.54, 1.807) is 6.07 Å². The molecule has 3 rings (SSSR count). The van der Waals surface area contributed by atoms with Crippen LogP contribution in [0.1, 0.15) is 5.56 Å². The van der Waals surface area contributed by atoms with E-state index >= 15 is 0 Å². The van der Waals surface area contributed by atoms with Crippen molar-refractivity contribution in [2.75, 3.05) is 6.61 Å². The number of phenols is 1. The van der Waals surface area contributed by atoms with Crippen LogP contribution in [0.2, 0.25) is 0 Å². The smallest absolute Gasteiger partial charge is 0.277 e. The predicted octanol–water partition coefficient (Wildman–Crippen LogP) is 4.60. The third kappa shape index (κ3) is 4.42. The van der Waals surface area contributed by atoms with E-state index in [4.69, 9.17) is 4.74 Å². The zero-order valence-electron chi connectivity index (χ0n) is 13.4. The molecule has 0 radical (unpaired) electrons. The second-order valence-corrected chi connectivity index (χ2v) is 7.09. The van der Waals surface area contributed by atoms with Crippen molar-refractivity contribution in [2.24, 2.45) is 5.10 Å². The van der Waals surface area contributed by atoms with Crippen molar-refractivity contribution in [2.45, 2.75) is 0 Å². The van der Waals surface area contributed by atoms with Gasteiger partial charge >= 0.3 is 0 Å². The Kier molecular flexibility index (Phi) is 5.90. The van der Waals surface area contributed by atoms with Crippen LogP contribution in [0.4, 0.5) is 0 Å². The van der Waals surface area contributed by atoms with Gasteiger partial charge in [0.15, 0.2) is 6.61 Å². The average Bonchev–Trinajstić information content (AvgIpc) is 2.64. The third-order valence-electron chi connectivity index (χ3n) is 3.57. The Morgan fingerprint density at radius 1 is 1.12 bits per heavy atom. The second-order valence-electron chi connectivity index (χ2n) is 5.38. The van der Waals surface area contributed by atoms with Gasteiger partial charge in [-0.2, -0.15) is 5.10 Å². The minimum absolute atomic E-state index is 0.0836. The monoisotopic (exact) mass is 476 g/mol. The maximum atomic E-state index is 11.9. The quantitative estimate of drug-likeness (QED) is 0.416. The van der Waals surface area contributed by atoms with Crippen LogP contribution in [0, 0.1) is 0 Å². The molecule has 1 amide bonds. The number of benzene rings is 3. The second kappa shape index (κ2) is 8.33. The Hall–Kier alpha value is -2.38. The Labute approximate surface area is 166 Å². The molecule has 0 saturated heterocycles. The minimum atomic E-state index is -0.383. The first-order valence-corrected chi connectivity index (χ1v) is 9.23. The number of carbonyl (C=O) groups is 1. The lowest BCUT2D eigenvalue weighted by atomic mass is 10.1. The molecule has 0 aromatic heterocycles. The molecule has 2 N–H and O–H groups in total. The molecule has 3 aromatic carbocycles. The van der Waals surface area contributed by atoms with E-state index in [0.717, 1.165) is 15.2 Å². The van der Waals surface area contributed by atoms with Crippen molar-refractivity contribution in [3.8, 4) is 11.5 Å². The fourth-order valence-corrected chi connectivity index (χ4v) is 3.42. The molecule has 7 heteroatoms. The van der Waals surface area contributed by atoms with Crippen LogP contribution in [0.15, 0.2) is 68.6 Å². The molecule has 0 aliphatic rings. The fraction of sp³-hybridized carbons (Fsp3) is 0.0526. The number of carbonyl (C=O) groups excluding carboxylic acids is 1. The van der Waals surface area contributed by atoms with Crippen LogP contribution in [-0.4, -0.2) is 23.8 Å². The Bertz CT molecular complexity index is 984. The molecule has 0 bridgehead atoms. The number of rotatable bonds is 5. The van der Waals surface area contributed by atoms with Crippen LogP contribution in [0.25, 0.3) is 10.8 Å². The number of ether oxygens (including phenoxy) is 1. The first-order chi connectivity index (χ1) is 12.5. The lowest BCUT2D eigenvalue weighted by Gasteiger charge is -2.08. The number of halogens is 2. The third-order valence-corrected chi connectivity index (χ3v) is 4.89. The highest BCUT2D eigenvalue weighted by atomic mass is 79.9. The van der Waals surface area contributed by atoms with Gasteiger partial charge in [0, 0.05) is 15.4 Å². The summed E-state index contributed by atoms with van der Waals surface area (Å²) in [6.45, 7) is -0.155. The normalized spacial score (nSPS) is 11.0. The highest BCUT2D eigenvalue weighted by molar-refractivity contribution is 9.11. The first-order valence-electron chi connectivity index (χ1n) is 7.65. The van der Waals surface area contributed by atoms with Gasteiger partial charge < -0.3 is 9.84 Å². The summed E-state index contributed by atoms with van der Waals surface area (Å²) in [6.07, 6.45) is 1.44. The number of hydrogen-bond acceptors (Lipinski definition) is 4. The molecule has 132 valence electrons. The van der Waals surface area contributed by atoms with Crippen molar-refractivity contribution in [3.63, 3.8) is 0 Å². The topological polar surface area (TPSA) is 70.9 Å². The molecule has 0 heterocycles. The van der Waals surface area contributed by atoms with Crippen LogP contribution in [0.5, 0.6) is 11.5 Å². The molecule has 3 aromatic rings. The van der Waals surface area contributed by atoms with Gasteiger partial charge in [0.2, 0.25) is 0 Å². The zero-order chi connectivity index (χ0) is 18.5. The van der Waals surface area contributed by atoms with Crippen molar-refractivity contribution >= 4 is 54.8 Å². The maximum Gasteiger partial charge on any atom is 0.277 e. The molecule has 0 aliphatic carbocycles. The summed E-state index contributed by atoms with van der Waals surface area (Å²) in [6, 6.07) is 16.7. The van der Waals surface area contributed by atoms with E-state index in [1.807, 2.05) is 42.5 Å². The van der Waals surface area contributed by atoms with Crippen LogP contribution >= 0.6 is 31.9 Å². The van der Waals surface area contributed by atoms with E-state index in [0.29, 0.717) is 15.8 Å². The summed E-state index contributed by atoms with van der Waals surface area (Å²) in [7, 11) is 0. The van der Waals surface area contributed by atoms with Gasteiger partial charge in [-0.1, -0.05) is 52.3 Å². The molecular weight excluding hydrogens is 464 g/mol. The SMILES string of the molecule is O=C(COc1cccc2ccccc12)N/N=C\c1cc(O)c(Br)cc1Br. The summed E-state index contributed by atoms with van der Waals surface area (Å²) < 4.78 is 6.89. The van der Waals surface area contributed by atoms with Gasteiger partial charge in [-0.05, 0) is 39.5 Å². The lowest BCUT2D eigenvalue weighted by Crippen LogP contribution is -2.24. The van der Waals surface area contributed by atoms with Crippen molar-refractivity contribution in [1.29, 1.82) is 0 Å². The van der Waals surface area contributed by atoms with Gasteiger partial charge in [-0.3, -0.25) is 4.79 Å². The summed E-state index contributed by atoms with van der Waals surface area (Å²) in [5.74, 6) is 0.342. The van der Waals surface area contributed by atoms with Gasteiger partial charge in [-0.15, -0.1) is 0 Å². The van der Waals surface area contributed by atoms with E-state index in [9.17, 15) is 9.90 Å². The number of phenolic OH excluding ortho intramolecular Hbond substituents is 1. The molecule has 5 nitrogen and oxygen atoms in total. The molecule has 0 unspecified atom stereocenters. The number of fused-ring (bicyclic) bond motifs is 1. The standard InChI is InChI=1S/C19H14Br2N2O3/c20-15-9-16(21)17(24)8-13(15)10-22-23-19(25)11-26-18-7-3-5-12-4-1-2-6-14(12)18/h1-10,24H,11H2,(H,23,25)/b22-10-. The van der Waals surface area contributed by atoms with Crippen molar-refractivity contribution in [1.82, 2.24) is 5.43 Å². The largest absolute Gasteiger partial charge is 0.507 e.